The first-order valence-corrected chi connectivity index (χ1v) is 10.2. The van der Waals surface area contributed by atoms with E-state index in [0.29, 0.717) is 11.3 Å². The Morgan fingerprint density at radius 3 is 2.48 bits per heavy atom. The molecule has 2 aromatic carbocycles. The summed E-state index contributed by atoms with van der Waals surface area (Å²) in [6.07, 6.45) is -0.950. The van der Waals surface area contributed by atoms with Crippen LogP contribution >= 0.6 is 11.3 Å². The third-order valence-electron chi connectivity index (χ3n) is 4.62. The molecule has 0 aliphatic carbocycles. The number of Topliss-reactive ketones (excluding diaryl/α,β-unsaturated/α-hetero) is 1. The Kier molecular flexibility index (Phi) is 6.44. The first-order chi connectivity index (χ1) is 13.8. The van der Waals surface area contributed by atoms with Crippen LogP contribution < -0.4 is 5.32 Å². The number of hydrogen-bond acceptors (Lipinski definition) is 5. The SMILES string of the molecule is Cc1cc(C(=O)CCC(=O)OC(C)C(=O)Nc2cccc3ccccc23)c(C)s1. The molecule has 29 heavy (non-hydrogen) atoms. The zero-order chi connectivity index (χ0) is 21.0. The number of amides is 1. The maximum absolute atomic E-state index is 12.4. The quantitative estimate of drug-likeness (QED) is 0.438. The van der Waals surface area contributed by atoms with Crippen molar-refractivity contribution in [1.29, 1.82) is 0 Å². The van der Waals surface area contributed by atoms with Crippen LogP contribution in [0.2, 0.25) is 0 Å². The van der Waals surface area contributed by atoms with Gasteiger partial charge in [0.1, 0.15) is 0 Å². The van der Waals surface area contributed by atoms with Crippen LogP contribution in [0.1, 0.15) is 39.9 Å². The molecular formula is C23H23NO4S. The molecule has 1 N–H and O–H groups in total. The average molecular weight is 410 g/mol. The minimum Gasteiger partial charge on any atom is -0.453 e. The fraction of sp³-hybridized carbons (Fsp3) is 0.261. The summed E-state index contributed by atoms with van der Waals surface area (Å²) in [5, 5.41) is 4.73. The number of aryl methyl sites for hydroxylation is 2. The van der Waals surface area contributed by atoms with Gasteiger partial charge < -0.3 is 10.1 Å². The molecule has 5 nitrogen and oxygen atoms in total. The molecule has 0 spiro atoms. The summed E-state index contributed by atoms with van der Waals surface area (Å²) in [5.41, 5.74) is 1.32. The lowest BCUT2D eigenvalue weighted by atomic mass is 10.1. The molecule has 3 aromatic rings. The Balaban J connectivity index is 1.54. The van der Waals surface area contributed by atoms with E-state index >= 15 is 0 Å². The van der Waals surface area contributed by atoms with E-state index in [4.69, 9.17) is 4.74 Å². The fourth-order valence-electron chi connectivity index (χ4n) is 3.14. The summed E-state index contributed by atoms with van der Waals surface area (Å²) in [6, 6.07) is 15.2. The molecule has 0 saturated carbocycles. The summed E-state index contributed by atoms with van der Waals surface area (Å²) in [6.45, 7) is 5.36. The number of rotatable bonds is 7. The molecule has 6 heteroatoms. The molecule has 150 valence electrons. The van der Waals surface area contributed by atoms with Crippen LogP contribution in [0, 0.1) is 13.8 Å². The van der Waals surface area contributed by atoms with Crippen molar-refractivity contribution in [3.63, 3.8) is 0 Å². The Bertz CT molecular complexity index is 1060. The topological polar surface area (TPSA) is 72.5 Å². The van der Waals surface area contributed by atoms with E-state index in [1.54, 1.807) is 17.4 Å². The van der Waals surface area contributed by atoms with Crippen molar-refractivity contribution in [3.8, 4) is 0 Å². The highest BCUT2D eigenvalue weighted by molar-refractivity contribution is 7.12. The molecule has 1 heterocycles. The average Bonchev–Trinajstić information content (AvgIpc) is 3.04. The number of fused-ring (bicyclic) bond motifs is 1. The van der Waals surface area contributed by atoms with E-state index < -0.39 is 18.0 Å². The number of hydrogen-bond donors (Lipinski definition) is 1. The van der Waals surface area contributed by atoms with Crippen molar-refractivity contribution >= 4 is 45.5 Å². The highest BCUT2D eigenvalue weighted by Crippen LogP contribution is 2.24. The summed E-state index contributed by atoms with van der Waals surface area (Å²) in [5.74, 6) is -1.06. The van der Waals surface area contributed by atoms with Crippen LogP contribution in [-0.4, -0.2) is 23.8 Å². The molecule has 0 aliphatic heterocycles. The van der Waals surface area contributed by atoms with E-state index in [0.717, 1.165) is 20.5 Å². The second kappa shape index (κ2) is 9.01. The number of thiophene rings is 1. The van der Waals surface area contributed by atoms with Crippen LogP contribution in [0.4, 0.5) is 5.69 Å². The number of ether oxygens (including phenoxy) is 1. The molecule has 0 radical (unpaired) electrons. The molecule has 1 unspecified atom stereocenters. The molecule has 0 fully saturated rings. The van der Waals surface area contributed by atoms with Gasteiger partial charge in [-0.1, -0.05) is 36.4 Å². The largest absolute Gasteiger partial charge is 0.453 e. The molecule has 0 bridgehead atoms. The first kappa shape index (κ1) is 20.7. The summed E-state index contributed by atoms with van der Waals surface area (Å²) in [4.78, 5) is 38.8. The van der Waals surface area contributed by atoms with Crippen LogP contribution in [0.25, 0.3) is 10.8 Å². The van der Waals surface area contributed by atoms with Gasteiger partial charge in [0.15, 0.2) is 11.9 Å². The highest BCUT2D eigenvalue weighted by Gasteiger charge is 2.20. The van der Waals surface area contributed by atoms with Crippen molar-refractivity contribution in [3.05, 3.63) is 63.8 Å². The van der Waals surface area contributed by atoms with Gasteiger partial charge in [0.25, 0.3) is 5.91 Å². The van der Waals surface area contributed by atoms with Gasteiger partial charge in [-0.05, 0) is 38.3 Å². The number of benzene rings is 2. The minimum absolute atomic E-state index is 0.0565. The van der Waals surface area contributed by atoms with Gasteiger partial charge in [-0.2, -0.15) is 0 Å². The Hall–Kier alpha value is -2.99. The van der Waals surface area contributed by atoms with Crippen LogP contribution in [0.15, 0.2) is 48.5 Å². The Labute approximate surface area is 173 Å². The summed E-state index contributed by atoms with van der Waals surface area (Å²) in [7, 11) is 0. The standard InChI is InChI=1S/C23H23NO4S/c1-14-13-19(16(3)29-14)21(25)11-12-22(26)28-15(2)23(27)24-20-10-6-8-17-7-4-5-9-18(17)20/h4-10,13,15H,11-12H2,1-3H3,(H,24,27). The van der Waals surface area contributed by atoms with E-state index in [2.05, 4.69) is 5.32 Å². The first-order valence-electron chi connectivity index (χ1n) is 9.43. The van der Waals surface area contributed by atoms with Crippen molar-refractivity contribution in [2.75, 3.05) is 5.32 Å². The summed E-state index contributed by atoms with van der Waals surface area (Å²) >= 11 is 1.56. The van der Waals surface area contributed by atoms with Gasteiger partial charge in [0, 0.05) is 32.8 Å². The second-order valence-electron chi connectivity index (χ2n) is 6.90. The monoisotopic (exact) mass is 409 g/mol. The fourth-order valence-corrected chi connectivity index (χ4v) is 4.08. The predicted octanol–water partition coefficient (Wildman–Crippen LogP) is 5.05. The van der Waals surface area contributed by atoms with Gasteiger partial charge in [0.05, 0.1) is 6.42 Å². The maximum atomic E-state index is 12.4. The molecule has 0 saturated heterocycles. The van der Waals surface area contributed by atoms with Crippen LogP contribution in [0.3, 0.4) is 0 Å². The Morgan fingerprint density at radius 1 is 1.03 bits per heavy atom. The molecule has 1 aromatic heterocycles. The van der Waals surface area contributed by atoms with Gasteiger partial charge >= 0.3 is 5.97 Å². The number of nitrogens with one attached hydrogen (secondary N) is 1. The smallest absolute Gasteiger partial charge is 0.307 e. The molecule has 3 rings (SSSR count). The maximum Gasteiger partial charge on any atom is 0.307 e. The van der Waals surface area contributed by atoms with E-state index in [9.17, 15) is 14.4 Å². The van der Waals surface area contributed by atoms with Gasteiger partial charge in [-0.25, -0.2) is 0 Å². The van der Waals surface area contributed by atoms with Gasteiger partial charge in [0.2, 0.25) is 0 Å². The van der Waals surface area contributed by atoms with Crippen LogP contribution in [-0.2, 0) is 14.3 Å². The molecule has 1 atom stereocenters. The Morgan fingerprint density at radius 2 is 1.76 bits per heavy atom. The second-order valence-corrected chi connectivity index (χ2v) is 8.36. The number of ketones is 1. The van der Waals surface area contributed by atoms with E-state index in [1.807, 2.05) is 56.3 Å². The van der Waals surface area contributed by atoms with Gasteiger partial charge in [-0.15, -0.1) is 11.3 Å². The highest BCUT2D eigenvalue weighted by atomic mass is 32.1. The number of anilines is 1. The molecule has 1 amide bonds. The lowest BCUT2D eigenvalue weighted by Crippen LogP contribution is -2.30. The van der Waals surface area contributed by atoms with Crippen molar-refractivity contribution < 1.29 is 19.1 Å². The number of esters is 1. The lowest BCUT2D eigenvalue weighted by Gasteiger charge is -2.14. The third-order valence-corrected chi connectivity index (χ3v) is 5.59. The van der Waals surface area contributed by atoms with E-state index in [1.165, 1.54) is 6.92 Å². The van der Waals surface area contributed by atoms with Crippen LogP contribution in [0.5, 0.6) is 0 Å². The van der Waals surface area contributed by atoms with Crippen molar-refractivity contribution in [2.24, 2.45) is 0 Å². The molecule has 0 aliphatic rings. The summed E-state index contributed by atoms with van der Waals surface area (Å²) < 4.78 is 5.22. The van der Waals surface area contributed by atoms with Gasteiger partial charge in [-0.3, -0.25) is 14.4 Å². The van der Waals surface area contributed by atoms with Crippen molar-refractivity contribution in [1.82, 2.24) is 0 Å². The third kappa shape index (κ3) is 5.09. The zero-order valence-corrected chi connectivity index (χ0v) is 17.5. The number of carbonyl (C=O) groups excluding carboxylic acids is 3. The zero-order valence-electron chi connectivity index (χ0n) is 16.7. The van der Waals surface area contributed by atoms with E-state index in [-0.39, 0.29) is 18.6 Å². The van der Waals surface area contributed by atoms with Crippen molar-refractivity contribution in [2.45, 2.75) is 39.7 Å². The predicted molar refractivity (Wildman–Crippen MR) is 115 cm³/mol. The normalized spacial score (nSPS) is 11.8. The number of carbonyl (C=O) groups is 3. The minimum atomic E-state index is -0.957. The lowest BCUT2D eigenvalue weighted by molar-refractivity contribution is -0.153. The molecular weight excluding hydrogens is 386 g/mol.